The van der Waals surface area contributed by atoms with Crippen LogP contribution >= 0.6 is 0 Å². The predicted molar refractivity (Wildman–Crippen MR) is 254 cm³/mol. The molecule has 61 heavy (non-hydrogen) atoms. The van der Waals surface area contributed by atoms with Gasteiger partial charge in [0.2, 0.25) is 0 Å². The average molecular weight is 778 g/mol. The van der Waals surface area contributed by atoms with Gasteiger partial charge >= 0.3 is 0 Å². The Balaban J connectivity index is 1.10. The highest BCUT2D eigenvalue weighted by molar-refractivity contribution is 6.16. The van der Waals surface area contributed by atoms with E-state index in [2.05, 4.69) is 229 Å². The first-order valence-corrected chi connectivity index (χ1v) is 20.7. The van der Waals surface area contributed by atoms with Crippen LogP contribution in [0.5, 0.6) is 0 Å². The van der Waals surface area contributed by atoms with Crippen molar-refractivity contribution in [1.29, 1.82) is 0 Å². The lowest BCUT2D eigenvalue weighted by Crippen LogP contribution is -1.97. The van der Waals surface area contributed by atoms with Crippen molar-refractivity contribution >= 4 is 21.8 Å². The molecule has 3 nitrogen and oxygen atoms in total. The molecule has 3 heteroatoms. The van der Waals surface area contributed by atoms with Crippen LogP contribution in [0, 0.1) is 0 Å². The zero-order chi connectivity index (χ0) is 40.5. The molecule has 0 radical (unpaired) electrons. The van der Waals surface area contributed by atoms with Crippen LogP contribution in [0.25, 0.3) is 106 Å². The molecule has 0 fully saturated rings. The van der Waals surface area contributed by atoms with Crippen molar-refractivity contribution in [3.05, 3.63) is 237 Å². The van der Waals surface area contributed by atoms with Crippen LogP contribution in [0.15, 0.2) is 237 Å². The molecule has 0 bridgehead atoms. The number of hydrogen-bond donors (Lipinski definition) is 0. The molecule has 0 unspecified atom stereocenters. The van der Waals surface area contributed by atoms with Crippen molar-refractivity contribution in [2.75, 3.05) is 0 Å². The monoisotopic (exact) mass is 777 g/mol. The minimum Gasteiger partial charge on any atom is -0.309 e. The van der Waals surface area contributed by atoms with Crippen LogP contribution in [0.4, 0.5) is 0 Å². The van der Waals surface area contributed by atoms with Crippen LogP contribution in [0.3, 0.4) is 0 Å². The summed E-state index contributed by atoms with van der Waals surface area (Å²) in [6.07, 6.45) is 0. The number of aromatic nitrogens is 3. The summed E-state index contributed by atoms with van der Waals surface area (Å²) >= 11 is 0. The summed E-state index contributed by atoms with van der Waals surface area (Å²) in [5, 5.41) is 2.42. The van der Waals surface area contributed by atoms with E-state index in [1.807, 2.05) is 12.1 Å². The Morgan fingerprint density at radius 1 is 0.279 bits per heavy atom. The van der Waals surface area contributed by atoms with E-state index in [1.54, 1.807) is 0 Å². The molecule has 11 rings (SSSR count). The van der Waals surface area contributed by atoms with Crippen molar-refractivity contribution in [2.45, 2.75) is 0 Å². The zero-order valence-corrected chi connectivity index (χ0v) is 33.4. The SMILES string of the molecule is c1ccc(-c2ccc3c(c2)c2cc(-c4ccccc4)cc(-c4ccccc4)c2n3-c2cccc(-c3cccc(-c4nc(-c5ccccc5)cc(-c5ccccc5)n4)c3)c2)cc1. The van der Waals surface area contributed by atoms with Gasteiger partial charge in [-0.2, -0.15) is 0 Å². The van der Waals surface area contributed by atoms with E-state index in [4.69, 9.17) is 9.97 Å². The molecule has 286 valence electrons. The first-order valence-electron chi connectivity index (χ1n) is 20.7. The second-order valence-corrected chi connectivity index (χ2v) is 15.4. The lowest BCUT2D eigenvalue weighted by atomic mass is 9.95. The summed E-state index contributed by atoms with van der Waals surface area (Å²) in [4.78, 5) is 10.3. The fourth-order valence-corrected chi connectivity index (χ4v) is 8.61. The van der Waals surface area contributed by atoms with Crippen LogP contribution in [-0.4, -0.2) is 14.5 Å². The second-order valence-electron chi connectivity index (χ2n) is 15.4. The van der Waals surface area contributed by atoms with Crippen molar-refractivity contribution in [3.63, 3.8) is 0 Å². The van der Waals surface area contributed by atoms with Crippen LogP contribution in [0.1, 0.15) is 0 Å². The highest BCUT2D eigenvalue weighted by atomic mass is 15.0. The lowest BCUT2D eigenvalue weighted by molar-refractivity contribution is 1.18. The van der Waals surface area contributed by atoms with Crippen LogP contribution in [-0.2, 0) is 0 Å². The molecule has 0 amide bonds. The standard InChI is InChI=1S/C58H39N3/c1-6-18-40(19-7-1)47-32-33-56-52(36-47)53-38-49(41-20-8-2-9-21-41)37-51(42-22-10-3-11-23-42)57(53)61(56)50-31-17-29-46(35-50)45-28-16-30-48(34-45)58-59-54(43-24-12-4-13-25-43)39-55(60-58)44-26-14-5-15-27-44/h1-39H. The molecule has 0 N–H and O–H groups in total. The Hall–Kier alpha value is -8.14. The molecule has 0 atom stereocenters. The second kappa shape index (κ2) is 15.6. The van der Waals surface area contributed by atoms with Crippen molar-refractivity contribution in [3.8, 4) is 84.1 Å². The summed E-state index contributed by atoms with van der Waals surface area (Å²) in [5.41, 5.74) is 17.6. The Bertz CT molecular complexity index is 3260. The van der Waals surface area contributed by atoms with Crippen molar-refractivity contribution in [1.82, 2.24) is 14.5 Å². The topological polar surface area (TPSA) is 30.7 Å². The summed E-state index contributed by atoms with van der Waals surface area (Å²) in [7, 11) is 0. The molecule has 11 aromatic rings. The van der Waals surface area contributed by atoms with E-state index in [9.17, 15) is 0 Å². The summed E-state index contributed by atoms with van der Waals surface area (Å²) in [6.45, 7) is 0. The minimum absolute atomic E-state index is 0.691. The first kappa shape index (κ1) is 36.0. The maximum absolute atomic E-state index is 5.14. The van der Waals surface area contributed by atoms with Gasteiger partial charge in [0.05, 0.1) is 22.4 Å². The molecule has 2 heterocycles. The van der Waals surface area contributed by atoms with E-state index < -0.39 is 0 Å². The van der Waals surface area contributed by atoms with Gasteiger partial charge in [-0.15, -0.1) is 0 Å². The third kappa shape index (κ3) is 6.88. The smallest absolute Gasteiger partial charge is 0.160 e. The molecule has 0 saturated carbocycles. The fourth-order valence-electron chi connectivity index (χ4n) is 8.61. The van der Waals surface area contributed by atoms with E-state index in [1.165, 1.54) is 49.7 Å². The van der Waals surface area contributed by atoms with Gasteiger partial charge in [-0.25, -0.2) is 9.97 Å². The molecule has 0 aliphatic carbocycles. The van der Waals surface area contributed by atoms with Gasteiger partial charge < -0.3 is 4.57 Å². The van der Waals surface area contributed by atoms with Crippen LogP contribution in [0.2, 0.25) is 0 Å². The molecule has 0 aliphatic rings. The van der Waals surface area contributed by atoms with Gasteiger partial charge in [0.1, 0.15) is 0 Å². The van der Waals surface area contributed by atoms with Gasteiger partial charge in [-0.1, -0.05) is 188 Å². The molecule has 9 aromatic carbocycles. The van der Waals surface area contributed by atoms with Gasteiger partial charge in [-0.3, -0.25) is 0 Å². The zero-order valence-electron chi connectivity index (χ0n) is 33.4. The molecule has 0 saturated heterocycles. The molecule has 2 aromatic heterocycles. The van der Waals surface area contributed by atoms with E-state index >= 15 is 0 Å². The summed E-state index contributed by atoms with van der Waals surface area (Å²) in [6, 6.07) is 84.2. The van der Waals surface area contributed by atoms with Crippen LogP contribution < -0.4 is 0 Å². The quantitative estimate of drug-likeness (QED) is 0.154. The molecular weight excluding hydrogens is 739 g/mol. The Morgan fingerprint density at radius 3 is 1.34 bits per heavy atom. The van der Waals surface area contributed by atoms with E-state index in [0.717, 1.165) is 50.4 Å². The number of rotatable bonds is 8. The highest BCUT2D eigenvalue weighted by Crippen LogP contribution is 2.43. The highest BCUT2D eigenvalue weighted by Gasteiger charge is 2.20. The predicted octanol–water partition coefficient (Wildman–Crippen LogP) is 15.2. The minimum atomic E-state index is 0.691. The molecular formula is C58H39N3. The Morgan fingerprint density at radius 2 is 0.738 bits per heavy atom. The fraction of sp³-hybridized carbons (Fsp3) is 0. The summed E-state index contributed by atoms with van der Waals surface area (Å²) in [5.74, 6) is 0.691. The normalized spacial score (nSPS) is 11.3. The van der Waals surface area contributed by atoms with Gasteiger partial charge in [-0.05, 0) is 87.5 Å². The first-order chi connectivity index (χ1) is 30.2. The Labute approximate surface area is 355 Å². The maximum atomic E-state index is 5.14. The van der Waals surface area contributed by atoms with Gasteiger partial charge in [0.25, 0.3) is 0 Å². The summed E-state index contributed by atoms with van der Waals surface area (Å²) < 4.78 is 2.46. The maximum Gasteiger partial charge on any atom is 0.160 e. The largest absolute Gasteiger partial charge is 0.309 e. The van der Waals surface area contributed by atoms with Crippen molar-refractivity contribution < 1.29 is 0 Å². The molecule has 0 spiro atoms. The number of nitrogens with zero attached hydrogens (tertiary/aromatic N) is 3. The molecule has 0 aliphatic heterocycles. The third-order valence-electron chi connectivity index (χ3n) is 11.6. The lowest BCUT2D eigenvalue weighted by Gasteiger charge is -2.15. The van der Waals surface area contributed by atoms with E-state index in [0.29, 0.717) is 5.82 Å². The average Bonchev–Trinajstić information content (AvgIpc) is 3.68. The number of fused-ring (bicyclic) bond motifs is 3. The van der Waals surface area contributed by atoms with E-state index in [-0.39, 0.29) is 0 Å². The van der Waals surface area contributed by atoms with Gasteiger partial charge in [0.15, 0.2) is 5.82 Å². The number of benzene rings is 9. The Kier molecular flexibility index (Phi) is 9.18. The van der Waals surface area contributed by atoms with Gasteiger partial charge in [0, 0.05) is 38.7 Å². The van der Waals surface area contributed by atoms with Crippen molar-refractivity contribution in [2.24, 2.45) is 0 Å². The number of hydrogen-bond acceptors (Lipinski definition) is 2. The third-order valence-corrected chi connectivity index (χ3v) is 11.6.